The second-order valence-electron chi connectivity index (χ2n) is 7.20. The highest BCUT2D eigenvalue weighted by molar-refractivity contribution is 5.94. The smallest absolute Gasteiger partial charge is 0.306 e. The normalized spacial score (nSPS) is 26.4. The van der Waals surface area contributed by atoms with E-state index in [-0.39, 0.29) is 30.5 Å². The number of rotatable bonds is 8. The van der Waals surface area contributed by atoms with Gasteiger partial charge < -0.3 is 24.4 Å². The number of Topliss-reactive ketones (excluding diaryl/α,β-unsaturated/α-hetero) is 1. The SMILES string of the molecule is CCC1C(OC(C)=O)OC=C(C(C)=O)C1CC(=O)OCCC1=CCC(O)C(O)=C1. The summed E-state index contributed by atoms with van der Waals surface area (Å²) in [5.41, 5.74) is 1.14. The van der Waals surface area contributed by atoms with Gasteiger partial charge in [-0.05, 0) is 31.4 Å². The van der Waals surface area contributed by atoms with Gasteiger partial charge in [0, 0.05) is 30.8 Å². The van der Waals surface area contributed by atoms with Crippen molar-refractivity contribution >= 4 is 17.7 Å². The fourth-order valence-electron chi connectivity index (χ4n) is 3.53. The minimum absolute atomic E-state index is 0.0378. The molecule has 8 nitrogen and oxygen atoms in total. The van der Waals surface area contributed by atoms with E-state index >= 15 is 0 Å². The molecule has 1 aliphatic carbocycles. The molecule has 0 amide bonds. The molecule has 1 heterocycles. The first kappa shape index (κ1) is 22.7. The van der Waals surface area contributed by atoms with Crippen molar-refractivity contribution < 1.29 is 38.8 Å². The van der Waals surface area contributed by atoms with E-state index in [9.17, 15) is 24.6 Å². The predicted molar refractivity (Wildman–Crippen MR) is 102 cm³/mol. The van der Waals surface area contributed by atoms with Crippen LogP contribution in [0.1, 0.15) is 46.5 Å². The van der Waals surface area contributed by atoms with E-state index in [0.29, 0.717) is 24.8 Å². The van der Waals surface area contributed by atoms with E-state index in [1.165, 1.54) is 26.2 Å². The highest BCUT2D eigenvalue weighted by Crippen LogP contribution is 2.36. The minimum Gasteiger partial charge on any atom is -0.510 e. The molecule has 8 heteroatoms. The van der Waals surface area contributed by atoms with Crippen LogP contribution < -0.4 is 0 Å². The number of allylic oxidation sites excluding steroid dienone is 2. The number of carbonyl (C=O) groups excluding carboxylic acids is 3. The number of hydrogen-bond donors (Lipinski definition) is 2. The van der Waals surface area contributed by atoms with Crippen molar-refractivity contribution in [3.05, 3.63) is 35.3 Å². The Hall–Kier alpha value is -2.61. The van der Waals surface area contributed by atoms with Crippen LogP contribution in [0.3, 0.4) is 0 Å². The number of aliphatic hydroxyl groups excluding tert-OH is 2. The van der Waals surface area contributed by atoms with Gasteiger partial charge in [-0.2, -0.15) is 0 Å². The molecule has 2 aliphatic rings. The molecular weight excluding hydrogens is 380 g/mol. The van der Waals surface area contributed by atoms with E-state index < -0.39 is 30.3 Å². The quantitative estimate of drug-likeness (QED) is 0.588. The molecule has 0 aromatic rings. The van der Waals surface area contributed by atoms with Gasteiger partial charge in [0.1, 0.15) is 11.9 Å². The van der Waals surface area contributed by atoms with Gasteiger partial charge in [0.25, 0.3) is 0 Å². The molecule has 4 atom stereocenters. The maximum absolute atomic E-state index is 12.4. The van der Waals surface area contributed by atoms with Gasteiger partial charge in [-0.25, -0.2) is 0 Å². The summed E-state index contributed by atoms with van der Waals surface area (Å²) in [6.07, 6.45) is 4.00. The van der Waals surface area contributed by atoms with Crippen LogP contribution in [0.4, 0.5) is 0 Å². The second-order valence-corrected chi connectivity index (χ2v) is 7.20. The molecule has 0 bridgehead atoms. The van der Waals surface area contributed by atoms with Gasteiger partial charge in [0.2, 0.25) is 6.29 Å². The molecule has 4 unspecified atom stereocenters. The molecule has 2 N–H and O–H groups in total. The third-order valence-corrected chi connectivity index (χ3v) is 5.07. The lowest BCUT2D eigenvalue weighted by molar-refractivity contribution is -0.184. The predicted octanol–water partition coefficient (Wildman–Crippen LogP) is 2.48. The van der Waals surface area contributed by atoms with Crippen LogP contribution in [0.15, 0.2) is 35.3 Å². The number of aliphatic hydroxyl groups is 2. The highest BCUT2D eigenvalue weighted by atomic mass is 16.7. The average molecular weight is 408 g/mol. The largest absolute Gasteiger partial charge is 0.510 e. The molecule has 0 saturated heterocycles. The Morgan fingerprint density at radius 3 is 2.59 bits per heavy atom. The fourth-order valence-corrected chi connectivity index (χ4v) is 3.53. The number of ketones is 1. The first-order valence-electron chi connectivity index (χ1n) is 9.69. The summed E-state index contributed by atoms with van der Waals surface area (Å²) in [5, 5.41) is 19.0. The maximum Gasteiger partial charge on any atom is 0.306 e. The van der Waals surface area contributed by atoms with E-state index in [2.05, 4.69) is 0 Å². The lowest BCUT2D eigenvalue weighted by Crippen LogP contribution is -2.39. The lowest BCUT2D eigenvalue weighted by atomic mass is 9.79. The van der Waals surface area contributed by atoms with Crippen LogP contribution in [0.2, 0.25) is 0 Å². The summed E-state index contributed by atoms with van der Waals surface area (Å²) in [7, 11) is 0. The third-order valence-electron chi connectivity index (χ3n) is 5.07. The summed E-state index contributed by atoms with van der Waals surface area (Å²) >= 11 is 0. The van der Waals surface area contributed by atoms with Crippen molar-refractivity contribution in [3.8, 4) is 0 Å². The van der Waals surface area contributed by atoms with E-state index in [1.807, 2.05) is 6.92 Å². The van der Waals surface area contributed by atoms with Crippen molar-refractivity contribution in [1.29, 1.82) is 0 Å². The number of hydrogen-bond acceptors (Lipinski definition) is 8. The molecule has 0 aromatic heterocycles. The molecule has 2 rings (SSSR count). The van der Waals surface area contributed by atoms with Crippen LogP contribution in [-0.4, -0.2) is 46.9 Å². The first-order valence-corrected chi connectivity index (χ1v) is 9.69. The molecular formula is C21H28O8. The van der Waals surface area contributed by atoms with E-state index in [0.717, 1.165) is 5.57 Å². The monoisotopic (exact) mass is 408 g/mol. The first-order chi connectivity index (χ1) is 13.7. The van der Waals surface area contributed by atoms with Gasteiger partial charge in [0.15, 0.2) is 5.78 Å². The summed E-state index contributed by atoms with van der Waals surface area (Å²) in [6.45, 7) is 4.65. The molecule has 0 radical (unpaired) electrons. The summed E-state index contributed by atoms with van der Waals surface area (Å²) < 4.78 is 15.9. The Kier molecular flexibility index (Phi) is 8.01. The Morgan fingerprint density at radius 2 is 2.00 bits per heavy atom. The highest BCUT2D eigenvalue weighted by Gasteiger charge is 2.40. The minimum atomic E-state index is -0.886. The Bertz CT molecular complexity index is 733. The topological polar surface area (TPSA) is 119 Å². The van der Waals surface area contributed by atoms with Gasteiger partial charge in [-0.3, -0.25) is 14.4 Å². The summed E-state index contributed by atoms with van der Waals surface area (Å²) in [6, 6.07) is 0. The van der Waals surface area contributed by atoms with Crippen LogP contribution in [0, 0.1) is 11.8 Å². The van der Waals surface area contributed by atoms with Gasteiger partial charge in [-0.1, -0.05) is 13.0 Å². The fraction of sp³-hybridized carbons (Fsp3) is 0.571. The van der Waals surface area contributed by atoms with Crippen LogP contribution >= 0.6 is 0 Å². The summed E-state index contributed by atoms with van der Waals surface area (Å²) in [4.78, 5) is 35.7. The molecule has 0 fully saturated rings. The van der Waals surface area contributed by atoms with Gasteiger partial charge in [-0.15, -0.1) is 0 Å². The Morgan fingerprint density at radius 1 is 1.28 bits per heavy atom. The van der Waals surface area contributed by atoms with E-state index in [1.54, 1.807) is 6.08 Å². The second kappa shape index (κ2) is 10.2. The molecule has 0 spiro atoms. The molecule has 0 saturated carbocycles. The Labute approximate surface area is 169 Å². The third kappa shape index (κ3) is 6.19. The van der Waals surface area contributed by atoms with Crippen LogP contribution in [0.5, 0.6) is 0 Å². The zero-order valence-electron chi connectivity index (χ0n) is 16.9. The number of ether oxygens (including phenoxy) is 3. The van der Waals surface area contributed by atoms with E-state index in [4.69, 9.17) is 14.2 Å². The molecule has 160 valence electrons. The van der Waals surface area contributed by atoms with Crippen molar-refractivity contribution in [2.45, 2.75) is 58.8 Å². The van der Waals surface area contributed by atoms with Gasteiger partial charge >= 0.3 is 11.9 Å². The zero-order chi connectivity index (χ0) is 21.6. The van der Waals surface area contributed by atoms with Gasteiger partial charge in [0.05, 0.1) is 19.3 Å². The van der Waals surface area contributed by atoms with Crippen molar-refractivity contribution in [1.82, 2.24) is 0 Å². The standard InChI is InChI=1S/C21H28O8/c1-4-15-16(17(12(2)22)11-28-21(15)29-13(3)23)10-20(26)27-8-7-14-5-6-18(24)19(25)9-14/h5,9,11,15-16,18,21,24-25H,4,6-8,10H2,1-3H3. The molecule has 0 aromatic carbocycles. The maximum atomic E-state index is 12.4. The van der Waals surface area contributed by atoms with Crippen molar-refractivity contribution in [3.63, 3.8) is 0 Å². The zero-order valence-corrected chi connectivity index (χ0v) is 16.9. The van der Waals surface area contributed by atoms with Crippen LogP contribution in [0.25, 0.3) is 0 Å². The van der Waals surface area contributed by atoms with Crippen molar-refractivity contribution in [2.75, 3.05) is 6.61 Å². The Balaban J connectivity index is 1.98. The summed E-state index contributed by atoms with van der Waals surface area (Å²) in [5.74, 6) is -2.12. The average Bonchev–Trinajstić information content (AvgIpc) is 2.64. The number of esters is 2. The number of carbonyl (C=O) groups is 3. The molecule has 1 aliphatic heterocycles. The van der Waals surface area contributed by atoms with Crippen LogP contribution in [-0.2, 0) is 28.6 Å². The molecule has 29 heavy (non-hydrogen) atoms. The van der Waals surface area contributed by atoms with Crippen molar-refractivity contribution in [2.24, 2.45) is 11.8 Å². The lowest BCUT2D eigenvalue weighted by Gasteiger charge is -2.35.